The number of amides is 1. The van der Waals surface area contributed by atoms with Crippen molar-refractivity contribution in [3.8, 4) is 0 Å². The molecule has 0 aliphatic carbocycles. The summed E-state index contributed by atoms with van der Waals surface area (Å²) in [6.45, 7) is 1.35. The van der Waals surface area contributed by atoms with Crippen LogP contribution >= 0.6 is 0 Å². The minimum absolute atomic E-state index is 0.142. The Bertz CT molecular complexity index is 874. The van der Waals surface area contributed by atoms with Crippen molar-refractivity contribution in [3.63, 3.8) is 0 Å². The van der Waals surface area contributed by atoms with Gasteiger partial charge in [0.1, 0.15) is 5.82 Å². The van der Waals surface area contributed by atoms with Crippen molar-refractivity contribution in [1.29, 1.82) is 0 Å². The first-order valence-corrected chi connectivity index (χ1v) is 6.32. The number of carbonyl (C=O) groups excluding carboxylic acids is 1. The van der Waals surface area contributed by atoms with E-state index < -0.39 is 4.92 Å². The second kappa shape index (κ2) is 5.24. The maximum absolute atomic E-state index is 12.0. The number of rotatable bonds is 3. The van der Waals surface area contributed by atoms with Crippen molar-refractivity contribution < 1.29 is 14.2 Å². The molecule has 0 bridgehead atoms. The zero-order valence-electron chi connectivity index (χ0n) is 11.5. The molecule has 0 atom stereocenters. The normalized spacial score (nSPS) is 10.6. The number of nitrogens with zero attached hydrogens (tertiary/aromatic N) is 4. The summed E-state index contributed by atoms with van der Waals surface area (Å²) < 4.78 is 5.07. The number of pyridine rings is 1. The van der Waals surface area contributed by atoms with Crippen LogP contribution in [-0.2, 0) is 4.79 Å². The van der Waals surface area contributed by atoms with Gasteiger partial charge in [-0.05, 0) is 12.1 Å². The molecular weight excluding hydrogens is 288 g/mol. The highest BCUT2D eigenvalue weighted by atomic mass is 16.6. The smallest absolute Gasteiger partial charge is 0.274 e. The van der Waals surface area contributed by atoms with Crippen LogP contribution in [0.3, 0.4) is 0 Å². The summed E-state index contributed by atoms with van der Waals surface area (Å²) >= 11 is 0. The van der Waals surface area contributed by atoms with E-state index in [1.807, 2.05) is 0 Å². The van der Waals surface area contributed by atoms with E-state index in [4.69, 9.17) is 4.52 Å². The van der Waals surface area contributed by atoms with E-state index in [1.165, 1.54) is 30.2 Å². The van der Waals surface area contributed by atoms with Gasteiger partial charge in [-0.15, -0.1) is 0 Å². The molecule has 0 unspecified atom stereocenters. The summed E-state index contributed by atoms with van der Waals surface area (Å²) in [6, 6.07) is 7.58. The zero-order valence-corrected chi connectivity index (χ0v) is 11.5. The third-order valence-corrected chi connectivity index (χ3v) is 3.08. The molecule has 1 amide bonds. The number of hydrogen-bond donors (Lipinski definition) is 0. The van der Waals surface area contributed by atoms with Crippen LogP contribution in [0, 0.1) is 10.1 Å². The predicted molar refractivity (Wildman–Crippen MR) is 77.7 cm³/mol. The standard InChI is InChI=1S/C14H10N4O4/c1-9(19)17(14-7-12(18(20)21)4-5-15-14)11-3-2-10-8-16-22-13(10)6-11/h2-8H,1H3. The second-order valence-electron chi connectivity index (χ2n) is 4.53. The van der Waals surface area contributed by atoms with Gasteiger partial charge in [-0.3, -0.25) is 19.8 Å². The van der Waals surface area contributed by atoms with Crippen LogP contribution in [0.2, 0.25) is 0 Å². The molecule has 1 aromatic carbocycles. The van der Waals surface area contributed by atoms with E-state index in [0.717, 1.165) is 5.39 Å². The fourth-order valence-electron chi connectivity index (χ4n) is 2.11. The minimum atomic E-state index is -0.539. The Morgan fingerprint density at radius 2 is 2.14 bits per heavy atom. The van der Waals surface area contributed by atoms with Crippen LogP contribution in [0.1, 0.15) is 6.92 Å². The molecule has 0 saturated carbocycles. The van der Waals surface area contributed by atoms with Crippen molar-refractivity contribution in [2.75, 3.05) is 4.90 Å². The Morgan fingerprint density at radius 3 is 2.86 bits per heavy atom. The van der Waals surface area contributed by atoms with Gasteiger partial charge in [0.2, 0.25) is 5.91 Å². The van der Waals surface area contributed by atoms with E-state index in [2.05, 4.69) is 10.1 Å². The van der Waals surface area contributed by atoms with Crippen molar-refractivity contribution in [3.05, 3.63) is 52.8 Å². The lowest BCUT2D eigenvalue weighted by Gasteiger charge is -2.19. The second-order valence-corrected chi connectivity index (χ2v) is 4.53. The van der Waals surface area contributed by atoms with Crippen molar-refractivity contribution in [1.82, 2.24) is 10.1 Å². The van der Waals surface area contributed by atoms with E-state index in [-0.39, 0.29) is 17.4 Å². The topological polar surface area (TPSA) is 102 Å². The fraction of sp³-hybridized carbons (Fsp3) is 0.0714. The molecule has 110 valence electrons. The van der Waals surface area contributed by atoms with Crippen LogP contribution < -0.4 is 4.90 Å². The molecule has 3 rings (SSSR count). The first kappa shape index (κ1) is 13.7. The molecular formula is C14H10N4O4. The molecule has 2 heterocycles. The molecule has 0 radical (unpaired) electrons. The SMILES string of the molecule is CC(=O)N(c1ccc2cnoc2c1)c1cc([N+](=O)[O-])ccn1. The van der Waals surface area contributed by atoms with E-state index in [9.17, 15) is 14.9 Å². The van der Waals surface area contributed by atoms with Gasteiger partial charge in [-0.25, -0.2) is 4.98 Å². The molecule has 8 heteroatoms. The molecule has 2 aromatic heterocycles. The molecule has 0 aliphatic rings. The van der Waals surface area contributed by atoms with Crippen molar-refractivity contribution in [2.45, 2.75) is 6.92 Å². The average Bonchev–Trinajstić information content (AvgIpc) is 2.95. The van der Waals surface area contributed by atoms with E-state index >= 15 is 0 Å². The summed E-state index contributed by atoms with van der Waals surface area (Å²) in [4.78, 5) is 27.6. The van der Waals surface area contributed by atoms with Gasteiger partial charge in [-0.1, -0.05) is 5.16 Å². The molecule has 0 spiro atoms. The van der Waals surface area contributed by atoms with Crippen molar-refractivity contribution in [2.24, 2.45) is 0 Å². The molecule has 0 N–H and O–H groups in total. The lowest BCUT2D eigenvalue weighted by Crippen LogP contribution is -2.23. The van der Waals surface area contributed by atoms with Crippen LogP contribution in [0.4, 0.5) is 17.2 Å². The molecule has 22 heavy (non-hydrogen) atoms. The molecule has 0 aliphatic heterocycles. The molecule has 0 saturated heterocycles. The highest BCUT2D eigenvalue weighted by Crippen LogP contribution is 2.29. The van der Waals surface area contributed by atoms with Crippen LogP contribution in [0.15, 0.2) is 47.2 Å². The predicted octanol–water partition coefficient (Wildman–Crippen LogP) is 2.82. The summed E-state index contributed by atoms with van der Waals surface area (Å²) in [7, 11) is 0. The first-order valence-electron chi connectivity index (χ1n) is 6.32. The first-order chi connectivity index (χ1) is 10.6. The number of hydrogen-bond acceptors (Lipinski definition) is 6. The molecule has 8 nitrogen and oxygen atoms in total. The number of benzene rings is 1. The largest absolute Gasteiger partial charge is 0.356 e. The van der Waals surface area contributed by atoms with Gasteiger partial charge < -0.3 is 4.52 Å². The Kier molecular flexibility index (Phi) is 3.26. The van der Waals surface area contributed by atoms with Gasteiger partial charge in [0, 0.05) is 30.6 Å². The fourth-order valence-corrected chi connectivity index (χ4v) is 2.11. The average molecular weight is 298 g/mol. The van der Waals surface area contributed by atoms with Crippen LogP contribution in [-0.4, -0.2) is 21.0 Å². The monoisotopic (exact) mass is 298 g/mol. The van der Waals surface area contributed by atoms with E-state index in [1.54, 1.807) is 24.4 Å². The van der Waals surface area contributed by atoms with Crippen molar-refractivity contribution >= 4 is 34.1 Å². The van der Waals surface area contributed by atoms with Crippen LogP contribution in [0.25, 0.3) is 11.0 Å². The highest BCUT2D eigenvalue weighted by Gasteiger charge is 2.19. The Hall–Kier alpha value is -3.29. The number of carbonyl (C=O) groups is 1. The minimum Gasteiger partial charge on any atom is -0.356 e. The number of aromatic nitrogens is 2. The highest BCUT2D eigenvalue weighted by molar-refractivity contribution is 5.99. The van der Waals surface area contributed by atoms with Gasteiger partial charge in [0.05, 0.1) is 22.9 Å². The Balaban J connectivity index is 2.11. The maximum atomic E-state index is 12.0. The third kappa shape index (κ3) is 2.37. The molecule has 0 fully saturated rings. The Morgan fingerprint density at radius 1 is 1.32 bits per heavy atom. The number of nitro groups is 1. The summed E-state index contributed by atoms with van der Waals surface area (Å²) in [5.74, 6) is -0.160. The van der Waals surface area contributed by atoms with Crippen LogP contribution in [0.5, 0.6) is 0 Å². The van der Waals surface area contributed by atoms with Gasteiger partial charge in [0.25, 0.3) is 5.69 Å². The Labute approximate surface area is 124 Å². The lowest BCUT2D eigenvalue weighted by atomic mass is 10.2. The van der Waals surface area contributed by atoms with E-state index in [0.29, 0.717) is 11.3 Å². The number of anilines is 2. The maximum Gasteiger partial charge on any atom is 0.274 e. The third-order valence-electron chi connectivity index (χ3n) is 3.08. The summed E-state index contributed by atoms with van der Waals surface area (Å²) in [5.41, 5.74) is 0.857. The zero-order chi connectivity index (χ0) is 15.7. The van der Waals surface area contributed by atoms with Gasteiger partial charge in [-0.2, -0.15) is 0 Å². The number of fused-ring (bicyclic) bond motifs is 1. The summed E-state index contributed by atoms with van der Waals surface area (Å²) in [5, 5.41) is 15.3. The quantitative estimate of drug-likeness (QED) is 0.544. The molecule has 3 aromatic rings. The lowest BCUT2D eigenvalue weighted by molar-refractivity contribution is -0.384. The summed E-state index contributed by atoms with van der Waals surface area (Å²) in [6.07, 6.45) is 2.85. The van der Waals surface area contributed by atoms with Gasteiger partial charge >= 0.3 is 0 Å². The van der Waals surface area contributed by atoms with Gasteiger partial charge in [0.15, 0.2) is 5.58 Å².